The molecule has 3 heterocycles. The summed E-state index contributed by atoms with van der Waals surface area (Å²) in [5.74, 6) is -3.97. The minimum Gasteiger partial charge on any atom is -0.482 e. The number of amides is 2. The maximum Gasteiger partial charge on any atom is 0.264 e. The van der Waals surface area contributed by atoms with E-state index in [4.69, 9.17) is 4.74 Å². The van der Waals surface area contributed by atoms with Crippen LogP contribution in [0.1, 0.15) is 21.6 Å². The molecule has 5 rings (SSSR count). The van der Waals surface area contributed by atoms with E-state index >= 15 is 0 Å². The molecule has 0 spiro atoms. The molecule has 0 aliphatic carbocycles. The molecule has 0 fully saturated rings. The van der Waals surface area contributed by atoms with Crippen LogP contribution in [0, 0.1) is 17.5 Å². The highest BCUT2D eigenvalue weighted by molar-refractivity contribution is 6.01. The van der Waals surface area contributed by atoms with Gasteiger partial charge in [-0.25, -0.2) is 13.2 Å². The van der Waals surface area contributed by atoms with Crippen molar-refractivity contribution in [2.45, 2.75) is 13.0 Å². The van der Waals surface area contributed by atoms with Gasteiger partial charge in [-0.05, 0) is 36.8 Å². The molecular weight excluding hydrogens is 437 g/mol. The lowest BCUT2D eigenvalue weighted by molar-refractivity contribution is -0.120. The average molecular weight is 456 g/mol. The third-order valence-corrected chi connectivity index (χ3v) is 6.04. The number of likely N-dealkylation sites (N-methyl/N-ethyl adjacent to an activating group) is 1. The van der Waals surface area contributed by atoms with Gasteiger partial charge in [0, 0.05) is 37.3 Å². The first-order valence-corrected chi connectivity index (χ1v) is 10.3. The summed E-state index contributed by atoms with van der Waals surface area (Å²) in [4.78, 5) is 28.2. The van der Waals surface area contributed by atoms with Crippen LogP contribution in [0.4, 0.5) is 18.9 Å². The van der Waals surface area contributed by atoms with Crippen LogP contribution in [0.5, 0.6) is 5.75 Å². The lowest BCUT2D eigenvalue weighted by Gasteiger charge is -2.29. The lowest BCUT2D eigenvalue weighted by Crippen LogP contribution is -2.37. The summed E-state index contributed by atoms with van der Waals surface area (Å²) in [5.41, 5.74) is 2.96. The summed E-state index contributed by atoms with van der Waals surface area (Å²) in [5, 5.41) is 4.44. The fraction of sp³-hybridized carbons (Fsp3) is 0.261. The van der Waals surface area contributed by atoms with Gasteiger partial charge in [0.15, 0.2) is 24.1 Å². The smallest absolute Gasteiger partial charge is 0.264 e. The molecule has 0 atom stereocenters. The van der Waals surface area contributed by atoms with Gasteiger partial charge in [0.25, 0.3) is 11.8 Å². The van der Waals surface area contributed by atoms with Crippen LogP contribution in [-0.2, 0) is 24.8 Å². The molecule has 0 saturated carbocycles. The van der Waals surface area contributed by atoms with Crippen LogP contribution in [0.3, 0.4) is 0 Å². The maximum absolute atomic E-state index is 13.8. The zero-order chi connectivity index (χ0) is 23.4. The first-order valence-electron chi connectivity index (χ1n) is 10.3. The Balaban J connectivity index is 1.43. The van der Waals surface area contributed by atoms with E-state index in [1.54, 1.807) is 37.2 Å². The highest BCUT2D eigenvalue weighted by Gasteiger charge is 2.30. The molecule has 2 aliphatic rings. The molecule has 3 aromatic rings. The molecule has 2 aliphatic heterocycles. The van der Waals surface area contributed by atoms with E-state index < -0.39 is 17.5 Å². The number of fused-ring (bicyclic) bond motifs is 2. The Morgan fingerprint density at radius 3 is 2.55 bits per heavy atom. The monoisotopic (exact) mass is 456 g/mol. The number of aromatic nitrogens is 2. The first-order chi connectivity index (χ1) is 15.7. The number of anilines is 1. The Labute approximate surface area is 187 Å². The molecule has 170 valence electrons. The molecule has 10 heteroatoms. The number of hydrogen-bond acceptors (Lipinski definition) is 4. The zero-order valence-corrected chi connectivity index (χ0v) is 17.9. The number of benzene rings is 2. The summed E-state index contributed by atoms with van der Waals surface area (Å²) >= 11 is 0. The van der Waals surface area contributed by atoms with E-state index in [0.717, 1.165) is 17.7 Å². The second-order valence-electron chi connectivity index (χ2n) is 8.05. The Kier molecular flexibility index (Phi) is 4.88. The summed E-state index contributed by atoms with van der Waals surface area (Å²) in [6.45, 7) is 0.519. The highest BCUT2D eigenvalue weighted by Crippen LogP contribution is 2.34. The number of hydrogen-bond donors (Lipinski definition) is 0. The first kappa shape index (κ1) is 21.0. The van der Waals surface area contributed by atoms with Crippen LogP contribution < -0.4 is 9.64 Å². The van der Waals surface area contributed by atoms with Gasteiger partial charge in [0.05, 0.1) is 23.6 Å². The number of rotatable bonds is 2. The normalized spacial score (nSPS) is 15.2. The molecule has 0 N–H and O–H groups in total. The van der Waals surface area contributed by atoms with Gasteiger partial charge in [0.1, 0.15) is 5.75 Å². The van der Waals surface area contributed by atoms with Crippen molar-refractivity contribution < 1.29 is 27.5 Å². The van der Waals surface area contributed by atoms with E-state index in [1.165, 1.54) is 9.58 Å². The molecule has 33 heavy (non-hydrogen) atoms. The van der Waals surface area contributed by atoms with Gasteiger partial charge in [-0.2, -0.15) is 5.10 Å². The van der Waals surface area contributed by atoms with Crippen LogP contribution in [0.15, 0.2) is 30.3 Å². The zero-order valence-electron chi connectivity index (χ0n) is 17.9. The standard InChI is InChI=1S/C23H19F3N4O3/c1-28-18-9-12(3-4-19(18)33-11-20(28)31)23(32)30-6-5-14-17(10-30)27-29(2)22(14)13-7-15(24)21(26)16(25)8-13/h3-4,7-9H,5-6,10-11H2,1-2H3. The van der Waals surface area contributed by atoms with E-state index in [-0.39, 0.29) is 30.5 Å². The Morgan fingerprint density at radius 1 is 1.09 bits per heavy atom. The largest absolute Gasteiger partial charge is 0.482 e. The van der Waals surface area contributed by atoms with Crippen molar-refractivity contribution in [1.29, 1.82) is 0 Å². The van der Waals surface area contributed by atoms with Gasteiger partial charge in [-0.1, -0.05) is 0 Å². The number of ether oxygens (including phenoxy) is 1. The average Bonchev–Trinajstić information content (AvgIpc) is 3.13. The number of aryl methyl sites for hydroxylation is 1. The van der Waals surface area contributed by atoms with Crippen molar-refractivity contribution in [3.8, 4) is 17.0 Å². The lowest BCUT2D eigenvalue weighted by atomic mass is 9.99. The van der Waals surface area contributed by atoms with Crippen molar-refractivity contribution in [1.82, 2.24) is 14.7 Å². The molecule has 1 aromatic heterocycles. The van der Waals surface area contributed by atoms with E-state index in [0.29, 0.717) is 41.4 Å². The molecule has 0 bridgehead atoms. The van der Waals surface area contributed by atoms with Gasteiger partial charge in [-0.15, -0.1) is 0 Å². The van der Waals surface area contributed by atoms with Crippen LogP contribution >= 0.6 is 0 Å². The Hall–Kier alpha value is -3.82. The Bertz CT molecular complexity index is 1300. The minimum atomic E-state index is -1.52. The minimum absolute atomic E-state index is 0.0461. The van der Waals surface area contributed by atoms with E-state index in [2.05, 4.69) is 5.10 Å². The summed E-state index contributed by atoms with van der Waals surface area (Å²) in [7, 11) is 3.26. The van der Waals surface area contributed by atoms with Gasteiger partial charge in [0.2, 0.25) is 0 Å². The molecular formula is C23H19F3N4O3. The number of carbonyl (C=O) groups is 2. The number of nitrogens with zero attached hydrogens (tertiary/aromatic N) is 4. The fourth-order valence-electron chi connectivity index (χ4n) is 4.33. The van der Waals surface area contributed by atoms with Gasteiger partial charge < -0.3 is 14.5 Å². The summed E-state index contributed by atoms with van der Waals surface area (Å²) in [6.07, 6.45) is 0.414. The third kappa shape index (κ3) is 3.42. The summed E-state index contributed by atoms with van der Waals surface area (Å²) < 4.78 is 47.9. The number of halogens is 3. The van der Waals surface area contributed by atoms with E-state index in [9.17, 15) is 22.8 Å². The van der Waals surface area contributed by atoms with Crippen molar-refractivity contribution in [2.24, 2.45) is 7.05 Å². The quantitative estimate of drug-likeness (QED) is 0.556. The molecule has 0 saturated heterocycles. The van der Waals surface area contributed by atoms with Gasteiger partial charge in [-0.3, -0.25) is 14.3 Å². The SMILES string of the molecule is CN1C(=O)COc2ccc(C(=O)N3CCc4c(nn(C)c4-c4cc(F)c(F)c(F)c4)C3)cc21. The predicted octanol–water partition coefficient (Wildman–Crippen LogP) is 3.06. The second kappa shape index (κ2) is 7.65. The fourth-order valence-corrected chi connectivity index (χ4v) is 4.33. The molecule has 2 amide bonds. The maximum atomic E-state index is 13.8. The molecule has 2 aromatic carbocycles. The second-order valence-corrected chi connectivity index (χ2v) is 8.05. The van der Waals surface area contributed by atoms with Crippen molar-refractivity contribution in [3.63, 3.8) is 0 Å². The topological polar surface area (TPSA) is 67.7 Å². The van der Waals surface area contributed by atoms with Crippen molar-refractivity contribution in [2.75, 3.05) is 25.1 Å². The Morgan fingerprint density at radius 2 is 1.82 bits per heavy atom. The van der Waals surface area contributed by atoms with Crippen LogP contribution in [0.2, 0.25) is 0 Å². The predicted molar refractivity (Wildman–Crippen MR) is 112 cm³/mol. The number of carbonyl (C=O) groups excluding carboxylic acids is 2. The van der Waals surface area contributed by atoms with Crippen LogP contribution in [-0.4, -0.2) is 46.7 Å². The molecule has 0 unspecified atom stereocenters. The molecule has 0 radical (unpaired) electrons. The van der Waals surface area contributed by atoms with E-state index in [1.807, 2.05) is 0 Å². The summed E-state index contributed by atoms with van der Waals surface area (Å²) in [6, 6.07) is 6.82. The highest BCUT2D eigenvalue weighted by atomic mass is 19.2. The van der Waals surface area contributed by atoms with Crippen LogP contribution in [0.25, 0.3) is 11.3 Å². The van der Waals surface area contributed by atoms with Gasteiger partial charge >= 0.3 is 0 Å². The third-order valence-electron chi connectivity index (χ3n) is 6.04. The molecule has 7 nitrogen and oxygen atoms in total. The van der Waals surface area contributed by atoms with Crippen molar-refractivity contribution in [3.05, 3.63) is 64.6 Å². The van der Waals surface area contributed by atoms with Crippen molar-refractivity contribution >= 4 is 17.5 Å².